The molecular weight excluding hydrogens is 309 g/mol. The highest BCUT2D eigenvalue weighted by molar-refractivity contribution is 5.94. The molecule has 0 radical (unpaired) electrons. The topological polar surface area (TPSA) is 33.5 Å². The molecule has 0 N–H and O–H groups in total. The van der Waals surface area contributed by atoms with Crippen LogP contribution in [0.25, 0.3) is 0 Å². The summed E-state index contributed by atoms with van der Waals surface area (Å²) in [5, 5.41) is 0. The second-order valence-corrected chi connectivity index (χ2v) is 4.48. The average Bonchev–Trinajstić information content (AvgIpc) is 2.92. The molecule has 0 fully saturated rings. The minimum atomic E-state index is -4.64. The van der Waals surface area contributed by atoms with Crippen LogP contribution in [0.4, 0.5) is 22.0 Å². The first-order chi connectivity index (χ1) is 10.3. The van der Waals surface area contributed by atoms with Gasteiger partial charge in [-0.3, -0.25) is 4.79 Å². The van der Waals surface area contributed by atoms with Crippen LogP contribution in [0.2, 0.25) is 0 Å². The lowest BCUT2D eigenvalue weighted by Gasteiger charge is -2.23. The monoisotopic (exact) mass is 319 g/mol. The van der Waals surface area contributed by atoms with Crippen molar-refractivity contribution in [1.29, 1.82) is 0 Å². The van der Waals surface area contributed by atoms with Gasteiger partial charge in [-0.1, -0.05) is 0 Å². The van der Waals surface area contributed by atoms with Crippen LogP contribution in [-0.2, 0) is 6.54 Å². The van der Waals surface area contributed by atoms with Crippen molar-refractivity contribution < 1.29 is 31.2 Å². The number of amides is 1. The smallest absolute Gasteiger partial charge is 0.406 e. The molecule has 0 saturated carbocycles. The van der Waals surface area contributed by atoms with Crippen molar-refractivity contribution in [1.82, 2.24) is 4.90 Å². The van der Waals surface area contributed by atoms with Crippen molar-refractivity contribution in [2.75, 3.05) is 6.54 Å². The summed E-state index contributed by atoms with van der Waals surface area (Å²) < 4.78 is 68.7. The second-order valence-electron chi connectivity index (χ2n) is 4.48. The summed E-state index contributed by atoms with van der Waals surface area (Å²) in [4.78, 5) is 12.6. The van der Waals surface area contributed by atoms with E-state index in [9.17, 15) is 26.7 Å². The molecule has 118 valence electrons. The van der Waals surface area contributed by atoms with Crippen LogP contribution < -0.4 is 0 Å². The highest BCUT2D eigenvalue weighted by Crippen LogP contribution is 2.21. The molecule has 1 heterocycles. The summed E-state index contributed by atoms with van der Waals surface area (Å²) in [6.45, 7) is -1.98. The Morgan fingerprint density at radius 2 is 1.86 bits per heavy atom. The summed E-state index contributed by atoms with van der Waals surface area (Å²) in [6, 6.07) is 5.03. The van der Waals surface area contributed by atoms with E-state index in [-0.39, 0.29) is 11.3 Å². The Labute approximate surface area is 121 Å². The van der Waals surface area contributed by atoms with Crippen LogP contribution in [0, 0.1) is 11.6 Å². The Bertz CT molecular complexity index is 652. The number of rotatable bonds is 4. The summed E-state index contributed by atoms with van der Waals surface area (Å²) in [5.41, 5.74) is -0.380. The highest BCUT2D eigenvalue weighted by Gasteiger charge is 2.34. The molecule has 22 heavy (non-hydrogen) atoms. The molecule has 0 aliphatic heterocycles. The van der Waals surface area contributed by atoms with Crippen LogP contribution in [0.5, 0.6) is 0 Å². The lowest BCUT2D eigenvalue weighted by Crippen LogP contribution is -2.38. The first-order valence-electron chi connectivity index (χ1n) is 6.10. The fourth-order valence-electron chi connectivity index (χ4n) is 1.82. The average molecular weight is 319 g/mol. The fraction of sp³-hybridized carbons (Fsp3) is 0.214. The molecule has 2 rings (SSSR count). The molecule has 0 aliphatic carbocycles. The fourth-order valence-corrected chi connectivity index (χ4v) is 1.82. The Hall–Kier alpha value is -2.38. The SMILES string of the molecule is O=C(c1ccc(F)c(F)c1)N(Cc1ccco1)CC(F)(F)F. The standard InChI is InChI=1S/C14H10F5NO2/c15-11-4-3-9(6-12(11)16)13(21)20(8-14(17,18)19)7-10-2-1-5-22-10/h1-6H,7-8H2. The van der Waals surface area contributed by atoms with Crippen molar-refractivity contribution in [3.05, 3.63) is 59.6 Å². The number of carbonyl (C=O) groups is 1. The van der Waals surface area contributed by atoms with E-state index in [0.29, 0.717) is 17.0 Å². The zero-order valence-corrected chi connectivity index (χ0v) is 11.0. The third-order valence-corrected chi connectivity index (χ3v) is 2.75. The van der Waals surface area contributed by atoms with E-state index in [0.717, 1.165) is 6.07 Å². The third kappa shape index (κ3) is 4.06. The van der Waals surface area contributed by atoms with E-state index in [2.05, 4.69) is 0 Å². The van der Waals surface area contributed by atoms with Crippen LogP contribution >= 0.6 is 0 Å². The van der Waals surface area contributed by atoms with E-state index < -0.39 is 36.8 Å². The lowest BCUT2D eigenvalue weighted by molar-refractivity contribution is -0.142. The Balaban J connectivity index is 2.26. The predicted molar refractivity (Wildman–Crippen MR) is 65.9 cm³/mol. The minimum absolute atomic E-state index is 0.139. The maximum atomic E-state index is 13.1. The number of hydrogen-bond acceptors (Lipinski definition) is 2. The van der Waals surface area contributed by atoms with Gasteiger partial charge in [-0.15, -0.1) is 0 Å². The first kappa shape index (κ1) is 16.0. The van der Waals surface area contributed by atoms with Gasteiger partial charge in [-0.05, 0) is 30.3 Å². The van der Waals surface area contributed by atoms with Gasteiger partial charge in [-0.25, -0.2) is 8.78 Å². The molecule has 3 nitrogen and oxygen atoms in total. The molecule has 0 saturated heterocycles. The van der Waals surface area contributed by atoms with Gasteiger partial charge in [-0.2, -0.15) is 13.2 Å². The number of alkyl halides is 3. The van der Waals surface area contributed by atoms with Crippen molar-refractivity contribution in [3.8, 4) is 0 Å². The molecule has 0 bridgehead atoms. The normalized spacial score (nSPS) is 11.5. The zero-order valence-electron chi connectivity index (χ0n) is 11.0. The minimum Gasteiger partial charge on any atom is -0.467 e. The highest BCUT2D eigenvalue weighted by atomic mass is 19.4. The van der Waals surface area contributed by atoms with Gasteiger partial charge >= 0.3 is 6.18 Å². The number of halogens is 5. The Morgan fingerprint density at radius 3 is 2.41 bits per heavy atom. The molecule has 1 aromatic carbocycles. The van der Waals surface area contributed by atoms with Crippen LogP contribution in [0.3, 0.4) is 0 Å². The quantitative estimate of drug-likeness (QED) is 0.804. The van der Waals surface area contributed by atoms with Gasteiger partial charge in [0.2, 0.25) is 0 Å². The molecule has 0 atom stereocenters. The number of nitrogens with zero attached hydrogens (tertiary/aromatic N) is 1. The maximum absolute atomic E-state index is 13.1. The number of carbonyl (C=O) groups excluding carboxylic acids is 1. The van der Waals surface area contributed by atoms with Crippen LogP contribution in [-0.4, -0.2) is 23.5 Å². The summed E-state index contributed by atoms with van der Waals surface area (Å²) in [6.07, 6.45) is -3.38. The predicted octanol–water partition coefficient (Wildman–Crippen LogP) is 3.76. The lowest BCUT2D eigenvalue weighted by atomic mass is 10.2. The van der Waals surface area contributed by atoms with Gasteiger partial charge < -0.3 is 9.32 Å². The van der Waals surface area contributed by atoms with E-state index in [1.807, 2.05) is 0 Å². The van der Waals surface area contributed by atoms with Crippen molar-refractivity contribution in [2.45, 2.75) is 12.7 Å². The zero-order chi connectivity index (χ0) is 16.3. The van der Waals surface area contributed by atoms with Gasteiger partial charge in [0.25, 0.3) is 5.91 Å². The van der Waals surface area contributed by atoms with E-state index in [1.54, 1.807) is 0 Å². The molecule has 0 spiro atoms. The van der Waals surface area contributed by atoms with Crippen LogP contribution in [0.1, 0.15) is 16.1 Å². The summed E-state index contributed by atoms with van der Waals surface area (Å²) >= 11 is 0. The molecule has 8 heteroatoms. The van der Waals surface area contributed by atoms with E-state index >= 15 is 0 Å². The molecule has 0 aliphatic rings. The van der Waals surface area contributed by atoms with Crippen LogP contribution in [0.15, 0.2) is 41.0 Å². The molecule has 2 aromatic rings. The van der Waals surface area contributed by atoms with Crippen molar-refractivity contribution in [3.63, 3.8) is 0 Å². The number of hydrogen-bond donors (Lipinski definition) is 0. The summed E-state index contributed by atoms with van der Waals surface area (Å²) in [5.74, 6) is -3.44. The first-order valence-corrected chi connectivity index (χ1v) is 6.10. The van der Waals surface area contributed by atoms with E-state index in [4.69, 9.17) is 4.42 Å². The largest absolute Gasteiger partial charge is 0.467 e. The van der Waals surface area contributed by atoms with Gasteiger partial charge in [0.05, 0.1) is 12.8 Å². The number of benzene rings is 1. The maximum Gasteiger partial charge on any atom is 0.406 e. The van der Waals surface area contributed by atoms with Gasteiger partial charge in [0.1, 0.15) is 12.3 Å². The Morgan fingerprint density at radius 1 is 1.14 bits per heavy atom. The van der Waals surface area contributed by atoms with Crippen molar-refractivity contribution in [2.24, 2.45) is 0 Å². The summed E-state index contributed by atoms with van der Waals surface area (Å²) in [7, 11) is 0. The van der Waals surface area contributed by atoms with Gasteiger partial charge in [0, 0.05) is 5.56 Å². The van der Waals surface area contributed by atoms with Gasteiger partial charge in [0.15, 0.2) is 11.6 Å². The van der Waals surface area contributed by atoms with E-state index in [1.165, 1.54) is 18.4 Å². The molecule has 1 aromatic heterocycles. The van der Waals surface area contributed by atoms with Crippen molar-refractivity contribution >= 4 is 5.91 Å². The second kappa shape index (κ2) is 6.17. The molecular formula is C14H10F5NO2. The third-order valence-electron chi connectivity index (χ3n) is 2.75. The number of furan rings is 1. The molecule has 1 amide bonds. The Kier molecular flexibility index (Phi) is 4.48. The molecule has 0 unspecified atom stereocenters.